The lowest BCUT2D eigenvalue weighted by molar-refractivity contribution is -0.123. The lowest BCUT2D eigenvalue weighted by Gasteiger charge is -2.16. The third-order valence-electron chi connectivity index (χ3n) is 4.14. The van der Waals surface area contributed by atoms with Crippen molar-refractivity contribution in [3.8, 4) is 5.75 Å². The molecular formula is C20H19ClN2O4. The SMILES string of the molecule is COc1cc(Cl)c(C)cc1NC(=O)C(C)OC(=O)c1cc2ccccc2[nH]1. The van der Waals surface area contributed by atoms with E-state index in [1.807, 2.05) is 31.2 Å². The summed E-state index contributed by atoms with van der Waals surface area (Å²) in [6.07, 6.45) is -0.996. The third-order valence-corrected chi connectivity index (χ3v) is 4.55. The van der Waals surface area contributed by atoms with Crippen LogP contribution in [0.3, 0.4) is 0 Å². The molecule has 0 fully saturated rings. The minimum absolute atomic E-state index is 0.288. The van der Waals surface area contributed by atoms with Crippen molar-refractivity contribution in [2.75, 3.05) is 12.4 Å². The van der Waals surface area contributed by atoms with E-state index in [9.17, 15) is 9.59 Å². The smallest absolute Gasteiger partial charge is 0.355 e. The molecule has 1 atom stereocenters. The van der Waals surface area contributed by atoms with Gasteiger partial charge in [-0.15, -0.1) is 0 Å². The normalized spacial score (nSPS) is 11.9. The third kappa shape index (κ3) is 4.06. The molecule has 0 aliphatic rings. The van der Waals surface area contributed by atoms with E-state index < -0.39 is 18.0 Å². The van der Waals surface area contributed by atoms with Crippen molar-refractivity contribution in [3.63, 3.8) is 0 Å². The number of carbonyl (C=O) groups is 2. The minimum Gasteiger partial charge on any atom is -0.495 e. The van der Waals surface area contributed by atoms with Crippen LogP contribution in [0.15, 0.2) is 42.5 Å². The van der Waals surface area contributed by atoms with Gasteiger partial charge in [0, 0.05) is 22.0 Å². The number of amides is 1. The van der Waals surface area contributed by atoms with E-state index in [1.165, 1.54) is 14.0 Å². The second kappa shape index (κ2) is 7.72. The molecule has 0 aliphatic heterocycles. The number of ether oxygens (including phenoxy) is 2. The zero-order chi connectivity index (χ0) is 19.6. The lowest BCUT2D eigenvalue weighted by atomic mass is 10.2. The topological polar surface area (TPSA) is 80.4 Å². The monoisotopic (exact) mass is 386 g/mol. The van der Waals surface area contributed by atoms with Gasteiger partial charge in [-0.05, 0) is 37.6 Å². The first-order chi connectivity index (χ1) is 12.9. The van der Waals surface area contributed by atoms with Gasteiger partial charge in [-0.2, -0.15) is 0 Å². The number of aromatic nitrogens is 1. The van der Waals surface area contributed by atoms with Gasteiger partial charge in [0.05, 0.1) is 12.8 Å². The van der Waals surface area contributed by atoms with Crippen LogP contribution in [0.4, 0.5) is 5.69 Å². The molecule has 1 aromatic heterocycles. The number of aryl methyl sites for hydroxylation is 1. The Labute approximate surface area is 161 Å². The fourth-order valence-electron chi connectivity index (χ4n) is 2.63. The Bertz CT molecular complexity index is 979. The van der Waals surface area contributed by atoms with Crippen LogP contribution in [0, 0.1) is 6.92 Å². The number of nitrogens with one attached hydrogen (secondary N) is 2. The Kier molecular flexibility index (Phi) is 5.37. The summed E-state index contributed by atoms with van der Waals surface area (Å²) in [5, 5.41) is 4.12. The number of H-pyrrole nitrogens is 1. The average molecular weight is 387 g/mol. The minimum atomic E-state index is -0.996. The molecule has 2 aromatic carbocycles. The maximum Gasteiger partial charge on any atom is 0.355 e. The molecule has 27 heavy (non-hydrogen) atoms. The van der Waals surface area contributed by atoms with Crippen molar-refractivity contribution in [1.29, 1.82) is 0 Å². The molecule has 1 heterocycles. The second-order valence-corrected chi connectivity index (χ2v) is 6.52. The van der Waals surface area contributed by atoms with Crippen LogP contribution in [0.25, 0.3) is 10.9 Å². The van der Waals surface area contributed by atoms with Crippen LogP contribution in [0.1, 0.15) is 23.0 Å². The lowest BCUT2D eigenvalue weighted by Crippen LogP contribution is -2.30. The number of hydrogen-bond donors (Lipinski definition) is 2. The van der Waals surface area contributed by atoms with Crippen LogP contribution < -0.4 is 10.1 Å². The largest absolute Gasteiger partial charge is 0.495 e. The van der Waals surface area contributed by atoms with E-state index in [1.54, 1.807) is 18.2 Å². The molecule has 0 spiro atoms. The first kappa shape index (κ1) is 18.8. The number of fused-ring (bicyclic) bond motifs is 1. The summed E-state index contributed by atoms with van der Waals surface area (Å²) in [7, 11) is 1.48. The number of benzene rings is 2. The highest BCUT2D eigenvalue weighted by Crippen LogP contribution is 2.31. The second-order valence-electron chi connectivity index (χ2n) is 6.11. The summed E-state index contributed by atoms with van der Waals surface area (Å²) >= 11 is 6.07. The van der Waals surface area contributed by atoms with Gasteiger partial charge in [0.15, 0.2) is 6.10 Å². The van der Waals surface area contributed by atoms with Crippen molar-refractivity contribution in [1.82, 2.24) is 4.98 Å². The molecule has 0 radical (unpaired) electrons. The number of anilines is 1. The maximum atomic E-state index is 12.4. The Hall–Kier alpha value is -2.99. The first-order valence-electron chi connectivity index (χ1n) is 8.32. The molecule has 3 aromatic rings. The van der Waals surface area contributed by atoms with Crippen LogP contribution in [0.5, 0.6) is 5.75 Å². The van der Waals surface area contributed by atoms with Crippen LogP contribution in [-0.2, 0) is 9.53 Å². The maximum absolute atomic E-state index is 12.4. The Balaban J connectivity index is 1.70. The fourth-order valence-corrected chi connectivity index (χ4v) is 2.78. The Morgan fingerprint density at radius 2 is 1.93 bits per heavy atom. The van der Waals surface area contributed by atoms with Gasteiger partial charge in [-0.1, -0.05) is 29.8 Å². The molecule has 0 saturated heterocycles. The summed E-state index contributed by atoms with van der Waals surface area (Å²) in [5.74, 6) is -0.652. The predicted octanol–water partition coefficient (Wildman–Crippen LogP) is 4.32. The van der Waals surface area contributed by atoms with E-state index in [0.29, 0.717) is 16.5 Å². The highest BCUT2D eigenvalue weighted by Gasteiger charge is 2.21. The number of carbonyl (C=O) groups excluding carboxylic acids is 2. The van der Waals surface area contributed by atoms with Gasteiger partial charge < -0.3 is 19.8 Å². The molecule has 0 saturated carbocycles. The van der Waals surface area contributed by atoms with E-state index in [2.05, 4.69) is 10.3 Å². The van der Waals surface area contributed by atoms with Crippen LogP contribution >= 0.6 is 11.6 Å². The number of hydrogen-bond acceptors (Lipinski definition) is 4. The van der Waals surface area contributed by atoms with E-state index in [4.69, 9.17) is 21.1 Å². The summed E-state index contributed by atoms with van der Waals surface area (Å²) in [6.45, 7) is 3.32. The highest BCUT2D eigenvalue weighted by atomic mass is 35.5. The quantitative estimate of drug-likeness (QED) is 0.640. The molecule has 2 N–H and O–H groups in total. The van der Waals surface area contributed by atoms with E-state index in [-0.39, 0.29) is 5.69 Å². The average Bonchev–Trinajstić information content (AvgIpc) is 3.08. The molecule has 140 valence electrons. The Morgan fingerprint density at radius 3 is 2.63 bits per heavy atom. The van der Waals surface area contributed by atoms with Crippen molar-refractivity contribution in [2.24, 2.45) is 0 Å². The molecule has 3 rings (SSSR count). The number of rotatable bonds is 5. The molecule has 0 aliphatic carbocycles. The van der Waals surface area contributed by atoms with Crippen LogP contribution in [0.2, 0.25) is 5.02 Å². The summed E-state index contributed by atoms with van der Waals surface area (Å²) < 4.78 is 10.5. The fraction of sp³-hybridized carbons (Fsp3) is 0.200. The molecule has 1 unspecified atom stereocenters. The highest BCUT2D eigenvalue weighted by molar-refractivity contribution is 6.31. The molecular weight excluding hydrogens is 368 g/mol. The number of aromatic amines is 1. The summed E-state index contributed by atoms with van der Waals surface area (Å²) in [4.78, 5) is 27.7. The van der Waals surface area contributed by atoms with Gasteiger partial charge in [0.2, 0.25) is 0 Å². The van der Waals surface area contributed by atoms with E-state index in [0.717, 1.165) is 16.5 Å². The van der Waals surface area contributed by atoms with Crippen LogP contribution in [-0.4, -0.2) is 30.1 Å². The molecule has 6 nitrogen and oxygen atoms in total. The Morgan fingerprint density at radius 1 is 1.19 bits per heavy atom. The molecule has 0 bridgehead atoms. The van der Waals surface area contributed by atoms with Crippen molar-refractivity contribution in [3.05, 3.63) is 58.7 Å². The van der Waals surface area contributed by atoms with E-state index >= 15 is 0 Å². The van der Waals surface area contributed by atoms with Gasteiger partial charge >= 0.3 is 5.97 Å². The number of methoxy groups -OCH3 is 1. The predicted molar refractivity (Wildman–Crippen MR) is 105 cm³/mol. The van der Waals surface area contributed by atoms with Gasteiger partial charge in [0.25, 0.3) is 5.91 Å². The van der Waals surface area contributed by atoms with Crippen molar-refractivity contribution in [2.45, 2.75) is 20.0 Å². The van der Waals surface area contributed by atoms with Crippen molar-refractivity contribution < 1.29 is 19.1 Å². The zero-order valence-electron chi connectivity index (χ0n) is 15.1. The van der Waals surface area contributed by atoms with Gasteiger partial charge in [-0.3, -0.25) is 4.79 Å². The standard InChI is InChI=1S/C20H19ClN2O4/c1-11-8-16(18(26-3)10-14(11)21)23-19(24)12(2)27-20(25)17-9-13-6-4-5-7-15(13)22-17/h4-10,12,22H,1-3H3,(H,23,24). The van der Waals surface area contributed by atoms with Gasteiger partial charge in [-0.25, -0.2) is 4.79 Å². The molecule has 7 heteroatoms. The number of halogens is 1. The molecule has 1 amide bonds. The van der Waals surface area contributed by atoms with Gasteiger partial charge in [0.1, 0.15) is 11.4 Å². The zero-order valence-corrected chi connectivity index (χ0v) is 15.9. The first-order valence-corrected chi connectivity index (χ1v) is 8.70. The number of esters is 1. The summed E-state index contributed by atoms with van der Waals surface area (Å²) in [5.41, 5.74) is 2.35. The van der Waals surface area contributed by atoms with Crippen molar-refractivity contribution >= 4 is 40.1 Å². The summed E-state index contributed by atoms with van der Waals surface area (Å²) in [6, 6.07) is 12.5. The number of para-hydroxylation sites is 1.